The van der Waals surface area contributed by atoms with Gasteiger partial charge in [-0.2, -0.15) is 0 Å². The summed E-state index contributed by atoms with van der Waals surface area (Å²) >= 11 is 0. The van der Waals surface area contributed by atoms with Crippen molar-refractivity contribution in [2.75, 3.05) is 25.4 Å². The van der Waals surface area contributed by atoms with Crippen molar-refractivity contribution in [3.63, 3.8) is 0 Å². The molecule has 0 amide bonds. The number of para-hydroxylation sites is 1. The Morgan fingerprint density at radius 2 is 1.43 bits per heavy atom. The maximum absolute atomic E-state index is 11.2. The van der Waals surface area contributed by atoms with Gasteiger partial charge in [0, 0.05) is 42.0 Å². The van der Waals surface area contributed by atoms with E-state index in [1.807, 2.05) is 72.8 Å². The summed E-state index contributed by atoms with van der Waals surface area (Å²) in [5.41, 5.74) is 12.0. The largest absolute Gasteiger partial charge is 0.492 e. The number of benzene rings is 5. The zero-order valence-corrected chi connectivity index (χ0v) is 23.4. The summed E-state index contributed by atoms with van der Waals surface area (Å²) in [6.45, 7) is 2.69. The molecule has 0 aliphatic carbocycles. The summed E-state index contributed by atoms with van der Waals surface area (Å²) in [6, 6.07) is 40.2. The van der Waals surface area contributed by atoms with Crippen LogP contribution in [0.2, 0.25) is 0 Å². The number of aromatic amines is 1. The van der Waals surface area contributed by atoms with E-state index in [1.165, 1.54) is 16.3 Å². The summed E-state index contributed by atoms with van der Waals surface area (Å²) in [5, 5.41) is 13.6. The number of nitrogen functional groups attached to an aromatic ring is 1. The van der Waals surface area contributed by atoms with Crippen molar-refractivity contribution in [3.8, 4) is 11.5 Å². The smallest absolute Gasteiger partial charge is 0.142 e. The van der Waals surface area contributed by atoms with Crippen LogP contribution in [0, 0.1) is 0 Å². The molecule has 0 saturated carbocycles. The first-order valence-electron chi connectivity index (χ1n) is 14.3. The van der Waals surface area contributed by atoms with Crippen molar-refractivity contribution in [3.05, 3.63) is 138 Å². The molecule has 0 saturated heterocycles. The second-order valence-corrected chi connectivity index (χ2v) is 10.5. The molecule has 1 heterocycles. The monoisotopic (exact) mass is 557 g/mol. The van der Waals surface area contributed by atoms with Crippen molar-refractivity contribution < 1.29 is 14.6 Å². The minimum absolute atomic E-state index is 0.433. The van der Waals surface area contributed by atoms with E-state index >= 15 is 0 Å². The standard InChI is InChI=1S/C36H35N3O3/c37-32-21-28(15-18-36(32)42-25-27-11-5-2-6-12-27)35(40)24-39(23-26-9-3-1-4-10-26)19-20-41-29-16-17-31-30-13-7-8-14-33(30)38-34(31)22-29/h1-18,21-22,35,38,40H,19-20,23-25,37H2. The van der Waals surface area contributed by atoms with E-state index in [9.17, 15) is 5.11 Å². The van der Waals surface area contributed by atoms with Gasteiger partial charge >= 0.3 is 0 Å². The van der Waals surface area contributed by atoms with Gasteiger partial charge in [0.25, 0.3) is 0 Å². The second-order valence-electron chi connectivity index (χ2n) is 10.5. The van der Waals surface area contributed by atoms with Crippen LogP contribution in [0.4, 0.5) is 5.69 Å². The number of aliphatic hydroxyl groups is 1. The molecule has 0 aliphatic rings. The van der Waals surface area contributed by atoms with Gasteiger partial charge in [0.15, 0.2) is 0 Å². The van der Waals surface area contributed by atoms with Crippen molar-refractivity contribution in [1.82, 2.24) is 9.88 Å². The molecular weight excluding hydrogens is 522 g/mol. The minimum atomic E-state index is -0.720. The Bertz CT molecular complexity index is 1750. The number of nitrogens with two attached hydrogens (primary N) is 1. The molecule has 0 fully saturated rings. The fraction of sp³-hybridized carbons (Fsp3) is 0.167. The van der Waals surface area contributed by atoms with Crippen LogP contribution in [0.5, 0.6) is 11.5 Å². The number of rotatable bonds is 12. The van der Waals surface area contributed by atoms with Crippen LogP contribution in [0.1, 0.15) is 22.8 Å². The van der Waals surface area contributed by atoms with Gasteiger partial charge in [0.2, 0.25) is 0 Å². The lowest BCUT2D eigenvalue weighted by Crippen LogP contribution is -2.32. The number of aliphatic hydroxyl groups excluding tert-OH is 1. The van der Waals surface area contributed by atoms with Crippen LogP contribution >= 0.6 is 0 Å². The molecule has 5 aromatic carbocycles. The Hall–Kier alpha value is -4.78. The average Bonchev–Trinajstić information content (AvgIpc) is 3.39. The number of nitrogens with zero attached hydrogens (tertiary/aromatic N) is 1. The van der Waals surface area contributed by atoms with Crippen LogP contribution < -0.4 is 15.2 Å². The molecule has 0 radical (unpaired) electrons. The number of aromatic nitrogens is 1. The van der Waals surface area contributed by atoms with Gasteiger partial charge in [-0.15, -0.1) is 0 Å². The quantitative estimate of drug-likeness (QED) is 0.140. The predicted molar refractivity (Wildman–Crippen MR) is 170 cm³/mol. The first kappa shape index (κ1) is 27.4. The van der Waals surface area contributed by atoms with E-state index in [-0.39, 0.29) is 0 Å². The fourth-order valence-electron chi connectivity index (χ4n) is 5.28. The number of nitrogens with one attached hydrogen (secondary N) is 1. The van der Waals surface area contributed by atoms with E-state index < -0.39 is 6.10 Å². The lowest BCUT2D eigenvalue weighted by atomic mass is 10.1. The second kappa shape index (κ2) is 12.8. The molecule has 0 spiro atoms. The Kier molecular flexibility index (Phi) is 8.36. The Morgan fingerprint density at radius 3 is 2.21 bits per heavy atom. The summed E-state index contributed by atoms with van der Waals surface area (Å²) in [6.07, 6.45) is -0.720. The Labute approximate surface area is 245 Å². The molecule has 6 aromatic rings. The molecular formula is C36H35N3O3. The molecule has 1 aromatic heterocycles. The van der Waals surface area contributed by atoms with Crippen molar-refractivity contribution in [2.45, 2.75) is 19.3 Å². The number of anilines is 1. The minimum Gasteiger partial charge on any atom is -0.492 e. The van der Waals surface area contributed by atoms with Gasteiger partial charge in [-0.05, 0) is 47.0 Å². The molecule has 0 aliphatic heterocycles. The van der Waals surface area contributed by atoms with E-state index in [4.69, 9.17) is 15.2 Å². The van der Waals surface area contributed by atoms with Crippen LogP contribution in [0.15, 0.2) is 121 Å². The number of hydrogen-bond donors (Lipinski definition) is 3. The molecule has 6 heteroatoms. The third-order valence-corrected chi connectivity index (χ3v) is 7.49. The van der Waals surface area contributed by atoms with Crippen LogP contribution in [0.25, 0.3) is 21.8 Å². The van der Waals surface area contributed by atoms with Crippen molar-refractivity contribution in [1.29, 1.82) is 0 Å². The summed E-state index contributed by atoms with van der Waals surface area (Å²) in [5.74, 6) is 1.42. The first-order chi connectivity index (χ1) is 20.6. The Balaban J connectivity index is 1.10. The zero-order chi connectivity index (χ0) is 28.7. The summed E-state index contributed by atoms with van der Waals surface area (Å²) in [4.78, 5) is 5.68. The SMILES string of the molecule is Nc1cc(C(O)CN(CCOc2ccc3c(c2)[nH]c2ccccc23)Cc2ccccc2)ccc1OCc1ccccc1. The molecule has 4 N–H and O–H groups in total. The van der Waals surface area contributed by atoms with E-state index in [1.54, 1.807) is 6.07 Å². The predicted octanol–water partition coefficient (Wildman–Crippen LogP) is 7.10. The highest BCUT2D eigenvalue weighted by Gasteiger charge is 2.16. The third-order valence-electron chi connectivity index (χ3n) is 7.49. The number of ether oxygens (including phenoxy) is 2. The Morgan fingerprint density at radius 1 is 0.714 bits per heavy atom. The lowest BCUT2D eigenvalue weighted by Gasteiger charge is -2.26. The topological polar surface area (TPSA) is 83.7 Å². The molecule has 6 nitrogen and oxygen atoms in total. The molecule has 1 unspecified atom stereocenters. The fourth-order valence-corrected chi connectivity index (χ4v) is 5.28. The molecule has 6 rings (SSSR count). The highest BCUT2D eigenvalue weighted by Crippen LogP contribution is 2.29. The van der Waals surface area contributed by atoms with Crippen LogP contribution in [-0.2, 0) is 13.2 Å². The first-order valence-corrected chi connectivity index (χ1v) is 14.3. The van der Waals surface area contributed by atoms with Gasteiger partial charge < -0.3 is 25.3 Å². The highest BCUT2D eigenvalue weighted by atomic mass is 16.5. The summed E-state index contributed by atoms with van der Waals surface area (Å²) < 4.78 is 12.1. The van der Waals surface area contributed by atoms with E-state index in [2.05, 4.69) is 52.3 Å². The highest BCUT2D eigenvalue weighted by molar-refractivity contribution is 6.07. The number of H-pyrrole nitrogens is 1. The molecule has 212 valence electrons. The molecule has 1 atom stereocenters. The molecule has 0 bridgehead atoms. The molecule has 42 heavy (non-hydrogen) atoms. The summed E-state index contributed by atoms with van der Waals surface area (Å²) in [7, 11) is 0. The van der Waals surface area contributed by atoms with Gasteiger partial charge in [-0.25, -0.2) is 0 Å². The van der Waals surface area contributed by atoms with E-state index in [0.29, 0.717) is 44.3 Å². The lowest BCUT2D eigenvalue weighted by molar-refractivity contribution is 0.0986. The average molecular weight is 558 g/mol. The van der Waals surface area contributed by atoms with Gasteiger partial charge in [0.05, 0.1) is 17.3 Å². The van der Waals surface area contributed by atoms with Gasteiger partial charge in [-0.1, -0.05) is 84.9 Å². The van der Waals surface area contributed by atoms with Crippen molar-refractivity contribution >= 4 is 27.5 Å². The maximum atomic E-state index is 11.2. The van der Waals surface area contributed by atoms with E-state index in [0.717, 1.165) is 27.9 Å². The van der Waals surface area contributed by atoms with Gasteiger partial charge in [0.1, 0.15) is 24.7 Å². The maximum Gasteiger partial charge on any atom is 0.142 e. The van der Waals surface area contributed by atoms with Crippen LogP contribution in [-0.4, -0.2) is 34.7 Å². The van der Waals surface area contributed by atoms with Gasteiger partial charge in [-0.3, -0.25) is 4.90 Å². The van der Waals surface area contributed by atoms with Crippen LogP contribution in [0.3, 0.4) is 0 Å². The third kappa shape index (κ3) is 6.57. The number of fused-ring (bicyclic) bond motifs is 3. The zero-order valence-electron chi connectivity index (χ0n) is 23.4. The van der Waals surface area contributed by atoms with Crippen molar-refractivity contribution in [2.24, 2.45) is 0 Å². The number of hydrogen-bond acceptors (Lipinski definition) is 5. The normalized spacial score (nSPS) is 12.1.